The fourth-order valence-corrected chi connectivity index (χ4v) is 4.49. The van der Waals surface area contributed by atoms with Crippen molar-refractivity contribution in [3.63, 3.8) is 0 Å². The average molecular weight is 254 g/mol. The molecule has 2 heterocycles. The van der Waals surface area contributed by atoms with Gasteiger partial charge in [0.05, 0.1) is 6.04 Å². The van der Waals surface area contributed by atoms with Gasteiger partial charge in [-0.3, -0.25) is 0 Å². The van der Waals surface area contributed by atoms with Gasteiger partial charge in [0.2, 0.25) is 0 Å². The van der Waals surface area contributed by atoms with E-state index in [2.05, 4.69) is 34.4 Å². The third kappa shape index (κ3) is 2.44. The van der Waals surface area contributed by atoms with Gasteiger partial charge in [-0.15, -0.1) is 11.3 Å². The zero-order valence-corrected chi connectivity index (χ0v) is 11.2. The summed E-state index contributed by atoms with van der Waals surface area (Å²) in [6, 6.07) is 1.31. The first-order valence-electron chi connectivity index (χ1n) is 6.09. The third-order valence-electron chi connectivity index (χ3n) is 3.33. The Morgan fingerprint density at radius 3 is 2.88 bits per heavy atom. The number of nitrogens with zero attached hydrogens (tertiary/aromatic N) is 1. The summed E-state index contributed by atoms with van der Waals surface area (Å²) < 4.78 is 0. The van der Waals surface area contributed by atoms with Crippen molar-refractivity contribution in [1.29, 1.82) is 0 Å². The molecule has 88 valence electrons. The van der Waals surface area contributed by atoms with Crippen molar-refractivity contribution in [3.8, 4) is 0 Å². The van der Waals surface area contributed by atoms with E-state index >= 15 is 0 Å². The number of rotatable bonds is 4. The van der Waals surface area contributed by atoms with Crippen molar-refractivity contribution in [2.75, 3.05) is 11.5 Å². The summed E-state index contributed by atoms with van der Waals surface area (Å²) in [5, 5.41) is 7.29. The zero-order chi connectivity index (χ0) is 11.0. The predicted molar refractivity (Wildman–Crippen MR) is 71.2 cm³/mol. The van der Waals surface area contributed by atoms with E-state index < -0.39 is 0 Å². The van der Waals surface area contributed by atoms with Gasteiger partial charge in [-0.05, 0) is 43.6 Å². The minimum absolute atomic E-state index is 0.529. The number of aryl methyl sites for hydroxylation is 1. The first-order chi connectivity index (χ1) is 7.83. The summed E-state index contributed by atoms with van der Waals surface area (Å²) in [6.07, 6.45) is 4.08. The Kier molecular flexibility index (Phi) is 3.22. The Morgan fingerprint density at radius 1 is 1.44 bits per heavy atom. The summed E-state index contributed by atoms with van der Waals surface area (Å²) in [5.41, 5.74) is 1.17. The van der Waals surface area contributed by atoms with E-state index in [9.17, 15) is 0 Å². The molecule has 3 rings (SSSR count). The van der Waals surface area contributed by atoms with Gasteiger partial charge in [-0.25, -0.2) is 4.98 Å². The monoisotopic (exact) mass is 254 g/mol. The molecule has 1 aromatic heterocycles. The minimum Gasteiger partial charge on any atom is -0.305 e. The Labute approximate surface area is 105 Å². The van der Waals surface area contributed by atoms with Crippen LogP contribution >= 0.6 is 23.1 Å². The molecule has 0 radical (unpaired) electrons. The average Bonchev–Trinajstić information content (AvgIpc) is 2.79. The second-order valence-corrected chi connectivity index (χ2v) is 6.91. The summed E-state index contributed by atoms with van der Waals surface area (Å²) in [5.74, 6) is 3.44. The lowest BCUT2D eigenvalue weighted by Crippen LogP contribution is -2.30. The number of hydrogen-bond acceptors (Lipinski definition) is 4. The quantitative estimate of drug-likeness (QED) is 0.894. The van der Waals surface area contributed by atoms with Crippen LogP contribution in [0.3, 0.4) is 0 Å². The normalized spacial score (nSPS) is 27.2. The van der Waals surface area contributed by atoms with Gasteiger partial charge < -0.3 is 5.32 Å². The summed E-state index contributed by atoms with van der Waals surface area (Å²) in [6.45, 7) is 2.09. The fraction of sp³-hybridized carbons (Fsp3) is 0.750. The second kappa shape index (κ2) is 4.67. The van der Waals surface area contributed by atoms with Gasteiger partial charge in [-0.1, -0.05) is 0 Å². The molecule has 1 saturated carbocycles. The van der Waals surface area contributed by atoms with Crippen molar-refractivity contribution < 1.29 is 0 Å². The van der Waals surface area contributed by atoms with Crippen LogP contribution in [0.1, 0.15) is 36.0 Å². The maximum atomic E-state index is 4.68. The molecule has 4 heteroatoms. The highest BCUT2D eigenvalue weighted by Crippen LogP contribution is 2.37. The highest BCUT2D eigenvalue weighted by atomic mass is 32.2. The SMILES string of the molecule is Cc1csc(C(NC2CC2)C2CCSC2)n1. The maximum Gasteiger partial charge on any atom is 0.110 e. The first-order valence-corrected chi connectivity index (χ1v) is 8.12. The number of aromatic nitrogens is 1. The van der Waals surface area contributed by atoms with E-state index in [4.69, 9.17) is 0 Å². The third-order valence-corrected chi connectivity index (χ3v) is 5.57. The molecule has 0 amide bonds. The molecule has 0 bridgehead atoms. The van der Waals surface area contributed by atoms with Crippen LogP contribution in [-0.2, 0) is 0 Å². The van der Waals surface area contributed by atoms with E-state index in [0.29, 0.717) is 6.04 Å². The van der Waals surface area contributed by atoms with Crippen LogP contribution in [0.2, 0.25) is 0 Å². The molecule has 1 aliphatic heterocycles. The molecule has 0 aromatic carbocycles. The van der Waals surface area contributed by atoms with Crippen LogP contribution in [0.5, 0.6) is 0 Å². The summed E-state index contributed by atoms with van der Waals surface area (Å²) >= 11 is 3.93. The van der Waals surface area contributed by atoms with Gasteiger partial charge in [0.15, 0.2) is 0 Å². The van der Waals surface area contributed by atoms with Crippen molar-refractivity contribution >= 4 is 23.1 Å². The van der Waals surface area contributed by atoms with Gasteiger partial charge in [0, 0.05) is 17.1 Å². The first kappa shape index (κ1) is 11.1. The Balaban J connectivity index is 1.76. The standard InChI is InChI=1S/C12H18N2S2/c1-8-6-16-12(13-8)11(14-10-2-3-10)9-4-5-15-7-9/h6,9-11,14H,2-5,7H2,1H3. The molecule has 2 nitrogen and oxygen atoms in total. The zero-order valence-electron chi connectivity index (χ0n) is 9.61. The molecule has 16 heavy (non-hydrogen) atoms. The minimum atomic E-state index is 0.529. The molecule has 1 saturated heterocycles. The van der Waals surface area contributed by atoms with Crippen LogP contribution in [0.4, 0.5) is 0 Å². The molecule has 2 fully saturated rings. The second-order valence-electron chi connectivity index (χ2n) is 4.87. The molecule has 1 aromatic rings. The van der Waals surface area contributed by atoms with E-state index in [1.54, 1.807) is 0 Å². The fourth-order valence-electron chi connectivity index (χ4n) is 2.24. The van der Waals surface area contributed by atoms with E-state index in [0.717, 1.165) is 12.0 Å². The number of nitrogens with one attached hydrogen (secondary N) is 1. The Bertz CT molecular complexity index is 354. The van der Waals surface area contributed by atoms with Crippen molar-refractivity contribution in [3.05, 3.63) is 16.1 Å². The topological polar surface area (TPSA) is 24.9 Å². The molecule has 1 aliphatic carbocycles. The van der Waals surface area contributed by atoms with Gasteiger partial charge in [0.25, 0.3) is 0 Å². The molecular weight excluding hydrogens is 236 g/mol. The summed E-state index contributed by atoms with van der Waals surface area (Å²) in [4.78, 5) is 4.68. The molecule has 2 aliphatic rings. The lowest BCUT2D eigenvalue weighted by molar-refractivity contribution is 0.389. The molecule has 2 unspecified atom stereocenters. The lowest BCUT2D eigenvalue weighted by atomic mass is 9.99. The van der Waals surface area contributed by atoms with Gasteiger partial charge in [0.1, 0.15) is 5.01 Å². The maximum absolute atomic E-state index is 4.68. The Morgan fingerprint density at radius 2 is 2.31 bits per heavy atom. The largest absolute Gasteiger partial charge is 0.305 e. The molecule has 1 N–H and O–H groups in total. The van der Waals surface area contributed by atoms with E-state index in [-0.39, 0.29) is 0 Å². The molecular formula is C12H18N2S2. The Hall–Kier alpha value is -0.0600. The molecule has 2 atom stereocenters. The van der Waals surface area contributed by atoms with Crippen molar-refractivity contribution in [2.45, 2.75) is 38.3 Å². The number of hydrogen-bond donors (Lipinski definition) is 1. The highest BCUT2D eigenvalue weighted by Gasteiger charge is 2.33. The van der Waals surface area contributed by atoms with Crippen molar-refractivity contribution in [2.24, 2.45) is 5.92 Å². The van der Waals surface area contributed by atoms with Crippen LogP contribution in [0.25, 0.3) is 0 Å². The molecule has 0 spiro atoms. The van der Waals surface area contributed by atoms with Gasteiger partial charge >= 0.3 is 0 Å². The van der Waals surface area contributed by atoms with E-state index in [1.165, 1.54) is 41.5 Å². The summed E-state index contributed by atoms with van der Waals surface area (Å²) in [7, 11) is 0. The number of thioether (sulfide) groups is 1. The highest BCUT2D eigenvalue weighted by molar-refractivity contribution is 7.99. The predicted octanol–water partition coefficient (Wildman–Crippen LogP) is 3.00. The van der Waals surface area contributed by atoms with Crippen molar-refractivity contribution in [1.82, 2.24) is 10.3 Å². The van der Waals surface area contributed by atoms with Crippen LogP contribution in [-0.4, -0.2) is 22.5 Å². The van der Waals surface area contributed by atoms with Gasteiger partial charge in [-0.2, -0.15) is 11.8 Å². The number of thiazole rings is 1. The van der Waals surface area contributed by atoms with E-state index in [1.807, 2.05) is 11.3 Å². The van der Waals surface area contributed by atoms with Crippen LogP contribution < -0.4 is 5.32 Å². The lowest BCUT2D eigenvalue weighted by Gasteiger charge is -2.22. The smallest absolute Gasteiger partial charge is 0.110 e. The van der Waals surface area contributed by atoms with Crippen LogP contribution in [0, 0.1) is 12.8 Å². The van der Waals surface area contributed by atoms with Crippen LogP contribution in [0.15, 0.2) is 5.38 Å².